The maximum absolute atomic E-state index is 11.2. The second-order valence-electron chi connectivity index (χ2n) is 3.26. The SMILES string of the molecule is COc1ccccc1CNc1ssc(=O)c1Cl. The molecule has 0 fully saturated rings. The smallest absolute Gasteiger partial charge is 0.263 e. The molecule has 2 aromatic rings. The van der Waals surface area contributed by atoms with Crippen LogP contribution in [0.4, 0.5) is 5.00 Å². The standard InChI is InChI=1S/C11H10ClNO2S2/c1-15-8-5-3-2-4-7(8)6-13-10-9(12)11(14)17-16-10/h2-5,13H,6H2,1H3. The quantitative estimate of drug-likeness (QED) is 0.876. The van der Waals surface area contributed by atoms with Crippen molar-refractivity contribution in [3.8, 4) is 5.75 Å². The fraction of sp³-hybridized carbons (Fsp3) is 0.182. The van der Waals surface area contributed by atoms with Gasteiger partial charge < -0.3 is 10.1 Å². The first-order chi connectivity index (χ1) is 8.22. The van der Waals surface area contributed by atoms with E-state index in [0.717, 1.165) is 21.7 Å². The lowest BCUT2D eigenvalue weighted by Crippen LogP contribution is -2.01. The van der Waals surface area contributed by atoms with Crippen LogP contribution in [0.5, 0.6) is 5.75 Å². The molecule has 0 atom stereocenters. The van der Waals surface area contributed by atoms with E-state index in [9.17, 15) is 4.79 Å². The van der Waals surface area contributed by atoms with Gasteiger partial charge in [-0.3, -0.25) is 4.79 Å². The summed E-state index contributed by atoms with van der Waals surface area (Å²) in [6, 6.07) is 7.72. The zero-order valence-corrected chi connectivity index (χ0v) is 11.4. The van der Waals surface area contributed by atoms with Gasteiger partial charge in [0.25, 0.3) is 4.74 Å². The molecule has 17 heavy (non-hydrogen) atoms. The van der Waals surface area contributed by atoms with Crippen molar-refractivity contribution >= 4 is 37.3 Å². The maximum atomic E-state index is 11.2. The third kappa shape index (κ3) is 2.80. The van der Waals surface area contributed by atoms with Crippen LogP contribution in [-0.4, -0.2) is 7.11 Å². The average molecular weight is 288 g/mol. The van der Waals surface area contributed by atoms with Gasteiger partial charge >= 0.3 is 0 Å². The highest BCUT2D eigenvalue weighted by Gasteiger charge is 2.08. The molecule has 1 N–H and O–H groups in total. The van der Waals surface area contributed by atoms with Gasteiger partial charge in [-0.2, -0.15) is 0 Å². The van der Waals surface area contributed by atoms with Crippen molar-refractivity contribution in [1.82, 2.24) is 0 Å². The minimum absolute atomic E-state index is 0.0980. The summed E-state index contributed by atoms with van der Waals surface area (Å²) in [6.07, 6.45) is 0. The van der Waals surface area contributed by atoms with E-state index in [-0.39, 0.29) is 9.77 Å². The van der Waals surface area contributed by atoms with Crippen molar-refractivity contribution in [2.75, 3.05) is 12.4 Å². The number of anilines is 1. The van der Waals surface area contributed by atoms with Crippen LogP contribution in [0.25, 0.3) is 0 Å². The molecule has 0 aliphatic rings. The molecule has 1 heterocycles. The van der Waals surface area contributed by atoms with E-state index in [0.29, 0.717) is 11.5 Å². The van der Waals surface area contributed by atoms with Gasteiger partial charge in [-0.05, 0) is 16.4 Å². The van der Waals surface area contributed by atoms with Crippen LogP contribution in [0, 0.1) is 0 Å². The summed E-state index contributed by atoms with van der Waals surface area (Å²) in [4.78, 5) is 11.2. The molecular weight excluding hydrogens is 278 g/mol. The lowest BCUT2D eigenvalue weighted by Gasteiger charge is -2.08. The van der Waals surface area contributed by atoms with Gasteiger partial charge in [0, 0.05) is 12.1 Å². The van der Waals surface area contributed by atoms with Crippen LogP contribution in [0.2, 0.25) is 5.02 Å². The lowest BCUT2D eigenvalue weighted by atomic mass is 10.2. The Morgan fingerprint density at radius 1 is 1.35 bits per heavy atom. The summed E-state index contributed by atoms with van der Waals surface area (Å²) in [5, 5.41) is 4.13. The Bertz CT molecular complexity index is 565. The van der Waals surface area contributed by atoms with E-state index in [4.69, 9.17) is 16.3 Å². The minimum atomic E-state index is -0.0980. The first-order valence-corrected chi connectivity index (χ1v) is 7.39. The van der Waals surface area contributed by atoms with Crippen LogP contribution in [-0.2, 0) is 6.54 Å². The maximum Gasteiger partial charge on any atom is 0.263 e. The van der Waals surface area contributed by atoms with Crippen molar-refractivity contribution in [3.05, 3.63) is 44.4 Å². The van der Waals surface area contributed by atoms with E-state index < -0.39 is 0 Å². The lowest BCUT2D eigenvalue weighted by molar-refractivity contribution is 0.410. The third-order valence-electron chi connectivity index (χ3n) is 2.21. The molecule has 0 radical (unpaired) electrons. The van der Waals surface area contributed by atoms with Gasteiger partial charge in [0.05, 0.1) is 7.11 Å². The highest BCUT2D eigenvalue weighted by Crippen LogP contribution is 2.28. The summed E-state index contributed by atoms with van der Waals surface area (Å²) in [6.45, 7) is 0.580. The first kappa shape index (κ1) is 12.4. The summed E-state index contributed by atoms with van der Waals surface area (Å²) in [7, 11) is 4.12. The largest absolute Gasteiger partial charge is 0.496 e. The number of nitrogens with one attached hydrogen (secondary N) is 1. The monoisotopic (exact) mass is 287 g/mol. The highest BCUT2D eigenvalue weighted by molar-refractivity contribution is 7.70. The van der Waals surface area contributed by atoms with E-state index in [1.807, 2.05) is 24.3 Å². The molecule has 0 aliphatic heterocycles. The molecule has 6 heteroatoms. The summed E-state index contributed by atoms with van der Waals surface area (Å²) >= 11 is 5.86. The third-order valence-corrected chi connectivity index (χ3v) is 4.95. The Kier molecular flexibility index (Phi) is 4.04. The molecule has 90 valence electrons. The fourth-order valence-electron chi connectivity index (χ4n) is 1.38. The second kappa shape index (κ2) is 5.53. The number of hydrogen-bond acceptors (Lipinski definition) is 5. The molecule has 2 rings (SSSR count). The molecule has 1 aromatic heterocycles. The number of rotatable bonds is 4. The Morgan fingerprint density at radius 2 is 2.12 bits per heavy atom. The predicted molar refractivity (Wildman–Crippen MR) is 73.8 cm³/mol. The Labute approximate surface area is 111 Å². The Hall–Kier alpha value is -1.04. The van der Waals surface area contributed by atoms with E-state index in [1.165, 1.54) is 10.3 Å². The number of halogens is 1. The van der Waals surface area contributed by atoms with Gasteiger partial charge in [-0.1, -0.05) is 40.1 Å². The summed E-state index contributed by atoms with van der Waals surface area (Å²) in [5.41, 5.74) is 1.02. The van der Waals surface area contributed by atoms with Crippen molar-refractivity contribution in [2.45, 2.75) is 6.54 Å². The number of para-hydroxylation sites is 1. The summed E-state index contributed by atoms with van der Waals surface area (Å²) in [5.74, 6) is 0.818. The predicted octanol–water partition coefficient (Wildman–Crippen LogP) is 3.44. The molecule has 0 unspecified atom stereocenters. The zero-order valence-electron chi connectivity index (χ0n) is 9.03. The van der Waals surface area contributed by atoms with E-state index in [2.05, 4.69) is 5.32 Å². The van der Waals surface area contributed by atoms with Crippen LogP contribution >= 0.6 is 32.3 Å². The van der Waals surface area contributed by atoms with Gasteiger partial charge in [-0.25, -0.2) is 0 Å². The highest BCUT2D eigenvalue weighted by atomic mass is 35.5. The molecule has 1 aromatic carbocycles. The van der Waals surface area contributed by atoms with Gasteiger partial charge in [0.15, 0.2) is 0 Å². The number of ether oxygens (including phenoxy) is 1. The number of methoxy groups -OCH3 is 1. The normalized spacial score (nSPS) is 10.2. The molecule has 3 nitrogen and oxygen atoms in total. The molecule has 0 aliphatic carbocycles. The van der Waals surface area contributed by atoms with E-state index in [1.54, 1.807) is 7.11 Å². The number of hydrogen-bond donors (Lipinski definition) is 1. The van der Waals surface area contributed by atoms with Crippen molar-refractivity contribution in [1.29, 1.82) is 0 Å². The van der Waals surface area contributed by atoms with Crippen molar-refractivity contribution in [2.24, 2.45) is 0 Å². The Balaban J connectivity index is 2.12. The zero-order chi connectivity index (χ0) is 12.3. The average Bonchev–Trinajstić information content (AvgIpc) is 2.68. The first-order valence-electron chi connectivity index (χ1n) is 4.86. The van der Waals surface area contributed by atoms with Crippen LogP contribution < -0.4 is 14.8 Å². The fourth-order valence-corrected chi connectivity index (χ4v) is 3.80. The summed E-state index contributed by atoms with van der Waals surface area (Å²) < 4.78 is 5.14. The van der Waals surface area contributed by atoms with Crippen LogP contribution in [0.15, 0.2) is 29.1 Å². The minimum Gasteiger partial charge on any atom is -0.496 e. The van der Waals surface area contributed by atoms with Crippen molar-refractivity contribution in [3.63, 3.8) is 0 Å². The van der Waals surface area contributed by atoms with Crippen LogP contribution in [0.1, 0.15) is 5.56 Å². The van der Waals surface area contributed by atoms with Gasteiger partial charge in [-0.15, -0.1) is 0 Å². The van der Waals surface area contributed by atoms with Gasteiger partial charge in [0.2, 0.25) is 0 Å². The molecule has 0 amide bonds. The molecule has 0 bridgehead atoms. The molecule has 0 spiro atoms. The molecule has 0 saturated carbocycles. The Morgan fingerprint density at radius 3 is 2.76 bits per heavy atom. The molecule has 0 saturated heterocycles. The van der Waals surface area contributed by atoms with Crippen LogP contribution in [0.3, 0.4) is 0 Å². The van der Waals surface area contributed by atoms with Crippen molar-refractivity contribution < 1.29 is 4.74 Å². The van der Waals surface area contributed by atoms with Gasteiger partial charge in [0.1, 0.15) is 15.8 Å². The van der Waals surface area contributed by atoms with E-state index >= 15 is 0 Å². The second-order valence-corrected chi connectivity index (χ2v) is 5.75. The topological polar surface area (TPSA) is 38.3 Å². The molecular formula is C11H10ClNO2S2. The number of benzene rings is 1.